The van der Waals surface area contributed by atoms with Crippen LogP contribution in [0.4, 0.5) is 11.4 Å². The van der Waals surface area contributed by atoms with Crippen molar-refractivity contribution in [3.8, 4) is 5.75 Å². The normalized spacial score (nSPS) is 11.0. The van der Waals surface area contributed by atoms with Gasteiger partial charge in [0.05, 0.1) is 19.3 Å². The van der Waals surface area contributed by atoms with E-state index in [1.54, 1.807) is 25.3 Å². The first kappa shape index (κ1) is 17.3. The van der Waals surface area contributed by atoms with E-state index in [0.29, 0.717) is 23.7 Å². The molecule has 0 aliphatic carbocycles. The van der Waals surface area contributed by atoms with E-state index in [-0.39, 0.29) is 5.91 Å². The Labute approximate surface area is 126 Å². The van der Waals surface area contributed by atoms with Crippen LogP contribution < -0.4 is 15.8 Å². The maximum absolute atomic E-state index is 12.0. The minimum atomic E-state index is -0.0775. The fourth-order valence-corrected chi connectivity index (χ4v) is 1.99. The second-order valence-electron chi connectivity index (χ2n) is 5.40. The molecule has 0 unspecified atom stereocenters. The number of amides is 1. The van der Waals surface area contributed by atoms with Crippen molar-refractivity contribution in [2.75, 3.05) is 58.9 Å². The van der Waals surface area contributed by atoms with Crippen molar-refractivity contribution in [2.24, 2.45) is 0 Å². The summed E-state index contributed by atoms with van der Waals surface area (Å²) in [6.45, 7) is 2.22. The molecule has 1 aromatic carbocycles. The number of benzene rings is 1. The van der Waals surface area contributed by atoms with Gasteiger partial charge in [0, 0.05) is 5.69 Å². The number of carbonyl (C=O) groups is 1. The van der Waals surface area contributed by atoms with Crippen LogP contribution in [0.25, 0.3) is 0 Å². The quantitative estimate of drug-likeness (QED) is 0.703. The largest absolute Gasteiger partial charge is 0.495 e. The summed E-state index contributed by atoms with van der Waals surface area (Å²) < 4.78 is 5.21. The Balaban J connectivity index is 2.48. The molecule has 0 saturated heterocycles. The fraction of sp³-hybridized carbons (Fsp3) is 0.533. The zero-order valence-corrected chi connectivity index (χ0v) is 13.3. The highest BCUT2D eigenvalue weighted by molar-refractivity contribution is 5.94. The number of rotatable bonds is 8. The molecule has 0 atom stereocenters. The Hall–Kier alpha value is -1.79. The Morgan fingerprint density at radius 2 is 2.00 bits per heavy atom. The first-order valence-electron chi connectivity index (χ1n) is 6.99. The number of carbonyl (C=O) groups excluding carboxylic acids is 1. The number of nitrogens with zero attached hydrogens (tertiary/aromatic N) is 2. The monoisotopic (exact) mass is 294 g/mol. The second-order valence-corrected chi connectivity index (χ2v) is 5.40. The van der Waals surface area contributed by atoms with Crippen LogP contribution in [0.3, 0.4) is 0 Å². The zero-order chi connectivity index (χ0) is 15.8. The van der Waals surface area contributed by atoms with E-state index in [9.17, 15) is 4.79 Å². The summed E-state index contributed by atoms with van der Waals surface area (Å²) in [4.78, 5) is 16.2. The molecule has 0 bridgehead atoms. The maximum Gasteiger partial charge on any atom is 0.238 e. The molecule has 1 rings (SSSR count). The molecular weight excluding hydrogens is 268 g/mol. The van der Waals surface area contributed by atoms with E-state index in [4.69, 9.17) is 10.5 Å². The summed E-state index contributed by atoms with van der Waals surface area (Å²) in [5.74, 6) is 0.527. The molecule has 1 aromatic rings. The molecule has 6 heteroatoms. The molecule has 0 aliphatic rings. The van der Waals surface area contributed by atoms with Gasteiger partial charge in [0.15, 0.2) is 0 Å². The summed E-state index contributed by atoms with van der Waals surface area (Å²) >= 11 is 0. The average molecular weight is 294 g/mol. The van der Waals surface area contributed by atoms with Gasteiger partial charge in [-0.2, -0.15) is 0 Å². The maximum atomic E-state index is 12.0. The summed E-state index contributed by atoms with van der Waals surface area (Å²) in [5, 5.41) is 2.84. The fourth-order valence-electron chi connectivity index (χ4n) is 1.99. The van der Waals surface area contributed by atoms with E-state index in [0.717, 1.165) is 19.5 Å². The van der Waals surface area contributed by atoms with Crippen molar-refractivity contribution in [2.45, 2.75) is 6.42 Å². The Morgan fingerprint density at radius 1 is 1.29 bits per heavy atom. The predicted molar refractivity (Wildman–Crippen MR) is 86.7 cm³/mol. The lowest BCUT2D eigenvalue weighted by molar-refractivity contribution is -0.117. The van der Waals surface area contributed by atoms with Crippen molar-refractivity contribution >= 4 is 17.3 Å². The molecule has 0 aliphatic heterocycles. The van der Waals surface area contributed by atoms with Crippen molar-refractivity contribution < 1.29 is 9.53 Å². The van der Waals surface area contributed by atoms with Gasteiger partial charge in [-0.3, -0.25) is 9.69 Å². The van der Waals surface area contributed by atoms with E-state index in [1.807, 2.05) is 26.0 Å². The molecule has 6 nitrogen and oxygen atoms in total. The number of nitrogen functional groups attached to an aromatic ring is 1. The Bertz CT molecular complexity index is 463. The van der Waals surface area contributed by atoms with Crippen LogP contribution in [0.2, 0.25) is 0 Å². The highest BCUT2D eigenvalue weighted by Gasteiger charge is 2.10. The van der Waals surface area contributed by atoms with Crippen LogP contribution in [0.5, 0.6) is 5.75 Å². The second kappa shape index (κ2) is 8.49. The molecule has 0 spiro atoms. The summed E-state index contributed by atoms with van der Waals surface area (Å²) in [6.07, 6.45) is 1.03. The van der Waals surface area contributed by atoms with Gasteiger partial charge in [0.1, 0.15) is 5.75 Å². The summed E-state index contributed by atoms with van der Waals surface area (Å²) in [7, 11) is 7.58. The van der Waals surface area contributed by atoms with Crippen molar-refractivity contribution in [1.82, 2.24) is 9.80 Å². The average Bonchev–Trinajstić information content (AvgIpc) is 2.38. The van der Waals surface area contributed by atoms with Crippen molar-refractivity contribution in [1.29, 1.82) is 0 Å². The molecule has 0 fully saturated rings. The lowest BCUT2D eigenvalue weighted by Gasteiger charge is -2.18. The molecule has 0 heterocycles. The number of nitrogens with one attached hydrogen (secondary N) is 1. The molecule has 3 N–H and O–H groups in total. The molecule has 0 aromatic heterocycles. The lowest BCUT2D eigenvalue weighted by Crippen LogP contribution is -2.32. The molecule has 118 valence electrons. The van der Waals surface area contributed by atoms with Gasteiger partial charge in [-0.05, 0) is 58.9 Å². The number of methoxy groups -OCH3 is 1. The number of hydrogen-bond acceptors (Lipinski definition) is 5. The van der Waals surface area contributed by atoms with Crippen LogP contribution in [0.1, 0.15) is 6.42 Å². The topological polar surface area (TPSA) is 70.8 Å². The SMILES string of the molecule is COc1ccc(N)cc1NC(=O)CN(C)CCCN(C)C. The third-order valence-corrected chi connectivity index (χ3v) is 3.06. The van der Waals surface area contributed by atoms with Gasteiger partial charge in [0.2, 0.25) is 5.91 Å². The molecule has 1 amide bonds. The van der Waals surface area contributed by atoms with Gasteiger partial charge < -0.3 is 20.7 Å². The minimum absolute atomic E-state index is 0.0775. The number of ether oxygens (including phenoxy) is 1. The van der Waals surface area contributed by atoms with Gasteiger partial charge in [-0.15, -0.1) is 0 Å². The van der Waals surface area contributed by atoms with Crippen molar-refractivity contribution in [3.63, 3.8) is 0 Å². The zero-order valence-electron chi connectivity index (χ0n) is 13.3. The van der Waals surface area contributed by atoms with E-state index < -0.39 is 0 Å². The number of hydrogen-bond donors (Lipinski definition) is 2. The number of nitrogens with two attached hydrogens (primary N) is 1. The smallest absolute Gasteiger partial charge is 0.238 e. The minimum Gasteiger partial charge on any atom is -0.495 e. The number of anilines is 2. The van der Waals surface area contributed by atoms with Gasteiger partial charge in [-0.25, -0.2) is 0 Å². The molecular formula is C15H26N4O2. The molecule has 0 radical (unpaired) electrons. The Kier molecular flexibility index (Phi) is 6.98. The highest BCUT2D eigenvalue weighted by atomic mass is 16.5. The van der Waals surface area contributed by atoms with Gasteiger partial charge >= 0.3 is 0 Å². The third kappa shape index (κ3) is 6.46. The standard InChI is InChI=1S/C15H26N4O2/c1-18(2)8-5-9-19(3)11-15(20)17-13-10-12(16)6-7-14(13)21-4/h6-7,10H,5,8-9,11,16H2,1-4H3,(H,17,20). The Morgan fingerprint density at radius 3 is 2.62 bits per heavy atom. The third-order valence-electron chi connectivity index (χ3n) is 3.06. The van der Waals surface area contributed by atoms with Crippen LogP contribution in [0, 0.1) is 0 Å². The van der Waals surface area contributed by atoms with Gasteiger partial charge in [0.25, 0.3) is 0 Å². The summed E-state index contributed by atoms with van der Waals surface area (Å²) in [6, 6.07) is 5.18. The van der Waals surface area contributed by atoms with E-state index >= 15 is 0 Å². The molecule has 0 saturated carbocycles. The summed E-state index contributed by atoms with van der Waals surface area (Å²) in [5.41, 5.74) is 6.92. The van der Waals surface area contributed by atoms with Crippen molar-refractivity contribution in [3.05, 3.63) is 18.2 Å². The predicted octanol–water partition coefficient (Wildman–Crippen LogP) is 1.10. The lowest BCUT2D eigenvalue weighted by atomic mass is 10.2. The first-order valence-corrected chi connectivity index (χ1v) is 6.99. The number of likely N-dealkylation sites (N-methyl/N-ethyl adjacent to an activating group) is 1. The van der Waals surface area contributed by atoms with E-state index in [2.05, 4.69) is 10.2 Å². The van der Waals surface area contributed by atoms with Crippen LogP contribution in [0.15, 0.2) is 18.2 Å². The first-order chi connectivity index (χ1) is 9.92. The van der Waals surface area contributed by atoms with Crippen LogP contribution >= 0.6 is 0 Å². The van der Waals surface area contributed by atoms with E-state index in [1.165, 1.54) is 0 Å². The van der Waals surface area contributed by atoms with Crippen LogP contribution in [-0.2, 0) is 4.79 Å². The highest BCUT2D eigenvalue weighted by Crippen LogP contribution is 2.26. The van der Waals surface area contributed by atoms with Gasteiger partial charge in [-0.1, -0.05) is 0 Å². The molecule has 21 heavy (non-hydrogen) atoms. The van der Waals surface area contributed by atoms with Crippen LogP contribution in [-0.4, -0.2) is 63.6 Å².